The maximum atomic E-state index is 14.0. The van der Waals surface area contributed by atoms with Crippen molar-refractivity contribution in [3.05, 3.63) is 140 Å². The van der Waals surface area contributed by atoms with Crippen LogP contribution in [0.3, 0.4) is 0 Å². The van der Waals surface area contributed by atoms with E-state index in [0.29, 0.717) is 39.8 Å². The van der Waals surface area contributed by atoms with E-state index in [-0.39, 0.29) is 5.91 Å². The minimum absolute atomic E-state index is 0.209. The van der Waals surface area contributed by atoms with E-state index in [0.717, 1.165) is 43.7 Å². The van der Waals surface area contributed by atoms with Crippen LogP contribution in [-0.2, 0) is 17.2 Å². The molecule has 0 fully saturated rings. The van der Waals surface area contributed by atoms with Crippen LogP contribution >= 0.6 is 39.3 Å². The Labute approximate surface area is 280 Å². The third-order valence-corrected chi connectivity index (χ3v) is 9.32. The first kappa shape index (κ1) is 31.0. The smallest absolute Gasteiger partial charge is 0.255 e. The zero-order valence-electron chi connectivity index (χ0n) is 25.0. The Morgan fingerprint density at radius 3 is 2.51 bits per heavy atom. The largest absolute Gasteiger partial charge is 0.489 e. The molecule has 1 amide bonds. The summed E-state index contributed by atoms with van der Waals surface area (Å²) >= 11 is 11.4. The molecule has 5 aromatic rings. The number of anilines is 2. The fraction of sp³-hybridized carbons (Fsp3) is 0.171. The van der Waals surface area contributed by atoms with E-state index >= 15 is 0 Å². The Morgan fingerprint density at radius 2 is 1.78 bits per heavy atom. The molecule has 228 valence electrons. The van der Waals surface area contributed by atoms with Crippen molar-refractivity contribution in [3.63, 3.8) is 0 Å². The van der Waals surface area contributed by atoms with Crippen LogP contribution in [-0.4, -0.2) is 20.7 Å². The molecule has 7 nitrogen and oxygen atoms in total. The molecule has 1 unspecified atom stereocenters. The highest BCUT2D eigenvalue weighted by Crippen LogP contribution is 2.38. The molecule has 0 saturated heterocycles. The molecular formula is C35H31BrClN5O2S. The molecule has 0 spiro atoms. The number of carbonyl (C=O) groups is 1. The summed E-state index contributed by atoms with van der Waals surface area (Å²) in [6.45, 7) is 6.37. The third-order valence-electron chi connectivity index (χ3n) is 7.54. The molecule has 1 atom stereocenters. The van der Waals surface area contributed by atoms with E-state index in [2.05, 4.69) is 32.6 Å². The maximum absolute atomic E-state index is 14.0. The number of fused-ring (bicyclic) bond motifs is 1. The van der Waals surface area contributed by atoms with Crippen molar-refractivity contribution in [1.29, 1.82) is 0 Å². The summed E-state index contributed by atoms with van der Waals surface area (Å²) in [4.78, 5) is 18.8. The van der Waals surface area contributed by atoms with Crippen molar-refractivity contribution in [1.82, 2.24) is 14.8 Å². The minimum atomic E-state index is -0.519. The van der Waals surface area contributed by atoms with Gasteiger partial charge in [0, 0.05) is 26.6 Å². The molecule has 4 aromatic carbocycles. The van der Waals surface area contributed by atoms with Gasteiger partial charge in [0.15, 0.2) is 0 Å². The van der Waals surface area contributed by atoms with E-state index < -0.39 is 6.04 Å². The first-order valence-electron chi connectivity index (χ1n) is 14.4. The second-order valence-electron chi connectivity index (χ2n) is 10.9. The number of hydrogen-bond acceptors (Lipinski definition) is 6. The predicted molar refractivity (Wildman–Crippen MR) is 185 cm³/mol. The van der Waals surface area contributed by atoms with Crippen molar-refractivity contribution >= 4 is 56.8 Å². The fourth-order valence-electron chi connectivity index (χ4n) is 5.19. The lowest BCUT2D eigenvalue weighted by Gasteiger charge is -2.29. The maximum Gasteiger partial charge on any atom is 0.255 e. The van der Waals surface area contributed by atoms with Gasteiger partial charge >= 0.3 is 0 Å². The van der Waals surface area contributed by atoms with Gasteiger partial charge in [-0.15, -0.1) is 5.10 Å². The zero-order chi connectivity index (χ0) is 31.5. The van der Waals surface area contributed by atoms with Crippen LogP contribution in [0.25, 0.3) is 0 Å². The number of carbonyl (C=O) groups excluding carboxylic acids is 1. The van der Waals surface area contributed by atoms with E-state index in [1.807, 2.05) is 106 Å². The van der Waals surface area contributed by atoms with Gasteiger partial charge in [-0.25, -0.2) is 4.68 Å². The van der Waals surface area contributed by atoms with Gasteiger partial charge in [-0.2, -0.15) is 4.98 Å². The summed E-state index contributed by atoms with van der Waals surface area (Å²) in [6, 6.07) is 29.1. The van der Waals surface area contributed by atoms with Crippen molar-refractivity contribution < 1.29 is 9.53 Å². The van der Waals surface area contributed by atoms with E-state index in [1.54, 1.807) is 4.68 Å². The molecule has 0 saturated carbocycles. The highest BCUT2D eigenvalue weighted by molar-refractivity contribution is 9.10. The predicted octanol–water partition coefficient (Wildman–Crippen LogP) is 9.11. The average Bonchev–Trinajstić information content (AvgIpc) is 3.43. The number of aromatic nitrogens is 3. The van der Waals surface area contributed by atoms with Crippen LogP contribution in [0.2, 0.25) is 5.02 Å². The van der Waals surface area contributed by atoms with Crippen LogP contribution in [0.15, 0.2) is 112 Å². The van der Waals surface area contributed by atoms with Gasteiger partial charge in [0.05, 0.1) is 5.57 Å². The van der Waals surface area contributed by atoms with E-state index in [4.69, 9.17) is 26.4 Å². The van der Waals surface area contributed by atoms with Gasteiger partial charge in [0.2, 0.25) is 11.1 Å². The Bertz CT molecular complexity index is 1890. The molecular weight excluding hydrogens is 670 g/mol. The lowest BCUT2D eigenvalue weighted by atomic mass is 9.94. The third kappa shape index (κ3) is 7.11. The summed E-state index contributed by atoms with van der Waals surface area (Å²) in [7, 11) is 0. The highest BCUT2D eigenvalue weighted by atomic mass is 79.9. The first-order chi connectivity index (χ1) is 21.7. The van der Waals surface area contributed by atoms with Crippen LogP contribution < -0.4 is 15.4 Å². The van der Waals surface area contributed by atoms with Gasteiger partial charge in [-0.05, 0) is 79.4 Å². The van der Waals surface area contributed by atoms with Crippen molar-refractivity contribution in [2.75, 3.05) is 10.6 Å². The number of rotatable bonds is 9. The number of aryl methyl sites for hydroxylation is 2. The van der Waals surface area contributed by atoms with Crippen LogP contribution in [0, 0.1) is 13.8 Å². The lowest BCUT2D eigenvalue weighted by molar-refractivity contribution is -0.113. The Kier molecular flexibility index (Phi) is 9.30. The monoisotopic (exact) mass is 699 g/mol. The molecule has 1 aliphatic heterocycles. The van der Waals surface area contributed by atoms with Crippen molar-refractivity contribution in [2.45, 2.75) is 44.3 Å². The van der Waals surface area contributed by atoms with Crippen molar-refractivity contribution in [3.8, 4) is 5.75 Å². The standard InChI is InChI=1S/C35H31BrClN5O2S/c1-21-8-17-30(22(2)18-21)39-33(43)31-23(3)38-34-40-35(45-20-26-6-4-5-7-29(26)37)41-42(34)32(31)25-11-15-28(16-12-25)44-19-24-9-13-27(36)14-10-24/h4-18,32H,19-20H2,1-3H3,(H,39,43)(H,38,40,41). The van der Waals surface area contributed by atoms with Gasteiger partial charge in [-0.3, -0.25) is 4.79 Å². The van der Waals surface area contributed by atoms with Gasteiger partial charge in [-0.1, -0.05) is 99.5 Å². The normalized spacial score (nSPS) is 14.1. The van der Waals surface area contributed by atoms with Crippen LogP contribution in [0.4, 0.5) is 11.6 Å². The van der Waals surface area contributed by atoms with Crippen molar-refractivity contribution in [2.24, 2.45) is 0 Å². The average molecular weight is 701 g/mol. The Balaban J connectivity index is 1.30. The Morgan fingerprint density at radius 1 is 1.02 bits per heavy atom. The number of amides is 1. The fourth-order valence-corrected chi connectivity index (χ4v) is 6.57. The zero-order valence-corrected chi connectivity index (χ0v) is 28.1. The molecule has 6 rings (SSSR count). The summed E-state index contributed by atoms with van der Waals surface area (Å²) < 4.78 is 8.87. The van der Waals surface area contributed by atoms with Crippen LogP contribution in [0.5, 0.6) is 5.75 Å². The van der Waals surface area contributed by atoms with E-state index in [1.165, 1.54) is 11.8 Å². The second-order valence-corrected chi connectivity index (χ2v) is 13.1. The number of allylic oxidation sites excluding steroid dienone is 1. The number of hydrogen-bond donors (Lipinski definition) is 2. The summed E-state index contributed by atoms with van der Waals surface area (Å²) in [5, 5.41) is 12.6. The molecule has 45 heavy (non-hydrogen) atoms. The van der Waals surface area contributed by atoms with Gasteiger partial charge < -0.3 is 15.4 Å². The second kappa shape index (κ2) is 13.5. The number of nitrogens with zero attached hydrogens (tertiary/aromatic N) is 3. The lowest BCUT2D eigenvalue weighted by Crippen LogP contribution is -2.31. The quantitative estimate of drug-likeness (QED) is 0.149. The van der Waals surface area contributed by atoms with Gasteiger partial charge in [0.1, 0.15) is 18.4 Å². The molecule has 1 aromatic heterocycles. The summed E-state index contributed by atoms with van der Waals surface area (Å²) in [5.74, 6) is 1.70. The summed E-state index contributed by atoms with van der Waals surface area (Å²) in [5.41, 5.74) is 7.11. The number of thioether (sulfide) groups is 1. The molecule has 0 bridgehead atoms. The van der Waals surface area contributed by atoms with Crippen LogP contribution in [0.1, 0.15) is 40.8 Å². The number of ether oxygens (including phenoxy) is 1. The number of halogens is 2. The first-order valence-corrected chi connectivity index (χ1v) is 16.6. The topological polar surface area (TPSA) is 81.1 Å². The van der Waals surface area contributed by atoms with E-state index in [9.17, 15) is 4.79 Å². The minimum Gasteiger partial charge on any atom is -0.489 e. The Hall–Kier alpha value is -4.05. The molecule has 0 radical (unpaired) electrons. The molecule has 1 aliphatic rings. The molecule has 2 heterocycles. The SMILES string of the molecule is CC1=C(C(=O)Nc2ccc(C)cc2C)C(c2ccc(OCc3ccc(Br)cc3)cc2)n2nc(SCc3ccccc3Cl)nc2N1. The molecule has 2 N–H and O–H groups in total. The van der Waals surface area contributed by atoms with Gasteiger partial charge in [0.25, 0.3) is 5.91 Å². The highest BCUT2D eigenvalue weighted by Gasteiger charge is 2.34. The molecule has 10 heteroatoms. The summed E-state index contributed by atoms with van der Waals surface area (Å²) in [6.07, 6.45) is 0. The molecule has 0 aliphatic carbocycles. The number of nitrogens with one attached hydrogen (secondary N) is 2. The number of benzene rings is 4.